The van der Waals surface area contributed by atoms with Crippen molar-refractivity contribution in [3.63, 3.8) is 0 Å². The van der Waals surface area contributed by atoms with Crippen molar-refractivity contribution in [2.75, 3.05) is 13.1 Å². The van der Waals surface area contributed by atoms with Crippen LogP contribution in [0.3, 0.4) is 0 Å². The highest BCUT2D eigenvalue weighted by molar-refractivity contribution is 9.10. The van der Waals surface area contributed by atoms with Crippen LogP contribution in [0.4, 0.5) is 0 Å². The van der Waals surface area contributed by atoms with Gasteiger partial charge in [-0.15, -0.1) is 11.3 Å². The van der Waals surface area contributed by atoms with E-state index in [9.17, 15) is 0 Å². The number of hydrogen-bond donors (Lipinski definition) is 1. The molecule has 2 atom stereocenters. The van der Waals surface area contributed by atoms with Gasteiger partial charge >= 0.3 is 0 Å². The highest BCUT2D eigenvalue weighted by Crippen LogP contribution is 2.43. The Kier molecular flexibility index (Phi) is 5.12. The largest absolute Gasteiger partial charge is 0.330 e. The Morgan fingerprint density at radius 3 is 2.83 bits per heavy atom. The fourth-order valence-electron chi connectivity index (χ4n) is 2.83. The molecule has 1 fully saturated rings. The summed E-state index contributed by atoms with van der Waals surface area (Å²) in [5.41, 5.74) is 5.97. The van der Waals surface area contributed by atoms with E-state index in [1.54, 1.807) is 11.3 Å². The van der Waals surface area contributed by atoms with E-state index in [4.69, 9.17) is 17.3 Å². The Bertz CT molecular complexity index is 388. The lowest BCUT2D eigenvalue weighted by molar-refractivity contribution is 0.0688. The van der Waals surface area contributed by atoms with Gasteiger partial charge in [-0.2, -0.15) is 0 Å². The van der Waals surface area contributed by atoms with Gasteiger partial charge in [0.1, 0.15) is 4.34 Å². The van der Waals surface area contributed by atoms with Gasteiger partial charge in [-0.25, -0.2) is 0 Å². The molecule has 1 aliphatic heterocycles. The number of halogens is 2. The summed E-state index contributed by atoms with van der Waals surface area (Å²) in [6.07, 6.45) is 2.47. The predicted molar refractivity (Wildman–Crippen MR) is 83.4 cm³/mol. The van der Waals surface area contributed by atoms with Gasteiger partial charge in [0.2, 0.25) is 0 Å². The van der Waals surface area contributed by atoms with Crippen molar-refractivity contribution in [2.24, 2.45) is 11.7 Å². The number of nitrogens with zero attached hydrogens (tertiary/aromatic N) is 1. The topological polar surface area (TPSA) is 29.3 Å². The van der Waals surface area contributed by atoms with Crippen molar-refractivity contribution in [3.05, 3.63) is 19.8 Å². The minimum atomic E-state index is 0.428. The van der Waals surface area contributed by atoms with Gasteiger partial charge in [-0.3, -0.25) is 4.90 Å². The van der Waals surface area contributed by atoms with Gasteiger partial charge in [0.25, 0.3) is 0 Å². The summed E-state index contributed by atoms with van der Waals surface area (Å²) < 4.78 is 1.85. The molecule has 0 spiro atoms. The second kappa shape index (κ2) is 6.23. The molecule has 0 saturated carbocycles. The molecule has 0 aromatic carbocycles. The van der Waals surface area contributed by atoms with Crippen LogP contribution in [0.25, 0.3) is 0 Å². The molecular weight excluding hydrogens is 332 g/mol. The van der Waals surface area contributed by atoms with E-state index in [-0.39, 0.29) is 0 Å². The van der Waals surface area contributed by atoms with Crippen molar-refractivity contribution >= 4 is 38.9 Å². The van der Waals surface area contributed by atoms with Gasteiger partial charge in [-0.1, -0.05) is 11.6 Å². The molecule has 0 amide bonds. The molecule has 0 bridgehead atoms. The normalized spacial score (nSPS) is 25.9. The molecule has 1 aromatic heterocycles. The maximum atomic E-state index is 6.19. The van der Waals surface area contributed by atoms with E-state index < -0.39 is 0 Å². The zero-order valence-corrected chi connectivity index (χ0v) is 14.0. The third-order valence-corrected chi connectivity index (χ3v) is 6.26. The number of rotatable bonds is 3. The fourth-order valence-corrected chi connectivity index (χ4v) is 4.79. The van der Waals surface area contributed by atoms with Crippen molar-refractivity contribution in [1.82, 2.24) is 4.90 Å². The van der Waals surface area contributed by atoms with Crippen molar-refractivity contribution in [3.8, 4) is 0 Å². The molecule has 2 unspecified atom stereocenters. The molecule has 2 rings (SSSR count). The summed E-state index contributed by atoms with van der Waals surface area (Å²) in [6, 6.07) is 3.14. The number of thiophene rings is 1. The molecule has 2 nitrogen and oxygen atoms in total. The summed E-state index contributed by atoms with van der Waals surface area (Å²) in [5, 5.41) is 0. The Balaban J connectivity index is 2.33. The molecule has 1 saturated heterocycles. The number of likely N-dealkylation sites (tertiary alicyclic amines) is 1. The van der Waals surface area contributed by atoms with Crippen LogP contribution in [0.5, 0.6) is 0 Å². The Morgan fingerprint density at radius 1 is 1.61 bits per heavy atom. The highest BCUT2D eigenvalue weighted by Gasteiger charge is 2.34. The lowest BCUT2D eigenvalue weighted by atomic mass is 9.87. The van der Waals surface area contributed by atoms with Crippen molar-refractivity contribution in [1.29, 1.82) is 0 Å². The van der Waals surface area contributed by atoms with Crippen LogP contribution in [0.2, 0.25) is 4.34 Å². The molecule has 2 heterocycles. The highest BCUT2D eigenvalue weighted by atomic mass is 79.9. The monoisotopic (exact) mass is 350 g/mol. The fraction of sp³-hybridized carbons (Fsp3) is 0.692. The minimum absolute atomic E-state index is 0.428. The first kappa shape index (κ1) is 14.8. The van der Waals surface area contributed by atoms with E-state index >= 15 is 0 Å². The SMILES string of the molecule is CC(C)N1CCCC(CN)C1c1cc(Br)c(Cl)s1. The van der Waals surface area contributed by atoms with Crippen LogP contribution in [-0.2, 0) is 0 Å². The van der Waals surface area contributed by atoms with Crippen LogP contribution in [-0.4, -0.2) is 24.0 Å². The van der Waals surface area contributed by atoms with E-state index in [2.05, 4.69) is 40.7 Å². The first-order valence-corrected chi connectivity index (χ1v) is 8.44. The maximum absolute atomic E-state index is 6.19. The van der Waals surface area contributed by atoms with Crippen LogP contribution < -0.4 is 5.73 Å². The Morgan fingerprint density at radius 2 is 2.33 bits per heavy atom. The van der Waals surface area contributed by atoms with Crippen molar-refractivity contribution < 1.29 is 0 Å². The zero-order chi connectivity index (χ0) is 13.3. The number of piperidine rings is 1. The van der Waals surface area contributed by atoms with Crippen LogP contribution in [0.15, 0.2) is 10.5 Å². The second-order valence-corrected chi connectivity index (χ2v) is 7.73. The Hall–Kier alpha value is 0.390. The zero-order valence-electron chi connectivity index (χ0n) is 10.8. The van der Waals surface area contributed by atoms with E-state index in [0.29, 0.717) is 18.0 Å². The maximum Gasteiger partial charge on any atom is 0.107 e. The van der Waals surface area contributed by atoms with Gasteiger partial charge in [0.05, 0.1) is 0 Å². The average molecular weight is 352 g/mol. The molecule has 0 aliphatic carbocycles. The lowest BCUT2D eigenvalue weighted by Gasteiger charge is -2.43. The van der Waals surface area contributed by atoms with Gasteiger partial charge in [0, 0.05) is 21.4 Å². The quantitative estimate of drug-likeness (QED) is 0.880. The standard InChI is InChI=1S/C13H20BrClN2S/c1-8(2)17-5-3-4-9(7-16)12(17)11-6-10(14)13(15)18-11/h6,8-9,12H,3-5,7,16H2,1-2H3. The molecule has 1 aromatic rings. The second-order valence-electron chi connectivity index (χ2n) is 5.18. The smallest absolute Gasteiger partial charge is 0.107 e. The van der Waals surface area contributed by atoms with Gasteiger partial charge in [0.15, 0.2) is 0 Å². The summed E-state index contributed by atoms with van der Waals surface area (Å²) in [7, 11) is 0. The third kappa shape index (κ3) is 2.93. The summed E-state index contributed by atoms with van der Waals surface area (Å²) in [5.74, 6) is 0.544. The van der Waals surface area contributed by atoms with Crippen LogP contribution >= 0.6 is 38.9 Å². The molecule has 5 heteroatoms. The first-order valence-electron chi connectivity index (χ1n) is 6.45. The molecule has 18 heavy (non-hydrogen) atoms. The van der Waals surface area contributed by atoms with Crippen LogP contribution in [0, 0.1) is 5.92 Å². The first-order chi connectivity index (χ1) is 8.54. The summed E-state index contributed by atoms with van der Waals surface area (Å²) in [6.45, 7) is 6.43. The third-order valence-electron chi connectivity index (χ3n) is 3.72. The summed E-state index contributed by atoms with van der Waals surface area (Å²) >= 11 is 11.4. The molecule has 1 aliphatic rings. The van der Waals surface area contributed by atoms with Crippen molar-refractivity contribution in [2.45, 2.75) is 38.8 Å². The number of hydrogen-bond acceptors (Lipinski definition) is 3. The summed E-state index contributed by atoms with van der Waals surface area (Å²) in [4.78, 5) is 3.91. The van der Waals surface area contributed by atoms with Crippen LogP contribution in [0.1, 0.15) is 37.6 Å². The van der Waals surface area contributed by atoms with Gasteiger partial charge < -0.3 is 5.73 Å². The predicted octanol–water partition coefficient (Wildman–Crippen LogP) is 4.28. The lowest BCUT2D eigenvalue weighted by Crippen LogP contribution is -2.44. The minimum Gasteiger partial charge on any atom is -0.330 e. The molecular formula is C13H20BrClN2S. The van der Waals surface area contributed by atoms with E-state index in [1.807, 2.05) is 0 Å². The average Bonchev–Trinajstić information content (AvgIpc) is 2.68. The van der Waals surface area contributed by atoms with E-state index in [1.165, 1.54) is 17.7 Å². The molecule has 0 radical (unpaired) electrons. The number of nitrogens with two attached hydrogens (primary N) is 1. The molecule has 102 valence electrons. The Labute approximate surface area is 127 Å². The molecule has 2 N–H and O–H groups in total. The van der Waals surface area contributed by atoms with Gasteiger partial charge in [-0.05, 0) is 67.7 Å². The van der Waals surface area contributed by atoms with E-state index in [0.717, 1.165) is 21.9 Å².